The van der Waals surface area contributed by atoms with Crippen LogP contribution in [-0.4, -0.2) is 37.1 Å². The van der Waals surface area contributed by atoms with Gasteiger partial charge in [0.2, 0.25) is 0 Å². The van der Waals surface area contributed by atoms with Crippen molar-refractivity contribution in [3.63, 3.8) is 0 Å². The Hall–Kier alpha value is -3.59. The molecule has 0 spiro atoms. The Morgan fingerprint density at radius 2 is 1.91 bits per heavy atom. The van der Waals surface area contributed by atoms with Crippen molar-refractivity contribution in [2.24, 2.45) is 0 Å². The third kappa shape index (κ3) is 5.17. The Morgan fingerprint density at radius 3 is 2.53 bits per heavy atom. The second kappa shape index (κ2) is 8.88. The van der Waals surface area contributed by atoms with Gasteiger partial charge in [-0.2, -0.15) is 0 Å². The molecule has 0 unspecified atom stereocenters. The summed E-state index contributed by atoms with van der Waals surface area (Å²) in [6, 6.07) is 14.2. The third-order valence-electron chi connectivity index (χ3n) is 4.92. The molecule has 1 aliphatic heterocycles. The standard InChI is InChI=1S/C23H20F3N3O3/c1-15-2-3-17(13-27-15)20-12-16(4-9-21(20)29-10-11-31-14-29)22(30)28-18-5-7-19(8-6-18)32-23(24,25)26/h2-9,12-13H,10-11,14H2,1H3,(H,28,30). The number of hydrogen-bond donors (Lipinski definition) is 1. The first kappa shape index (κ1) is 21.6. The molecule has 1 saturated heterocycles. The number of amides is 1. The van der Waals surface area contributed by atoms with E-state index >= 15 is 0 Å². The minimum Gasteiger partial charge on any atom is -0.406 e. The number of alkyl halides is 3. The molecule has 0 atom stereocenters. The Labute approximate surface area is 182 Å². The van der Waals surface area contributed by atoms with Crippen LogP contribution >= 0.6 is 0 Å². The molecule has 32 heavy (non-hydrogen) atoms. The smallest absolute Gasteiger partial charge is 0.406 e. The number of halogens is 3. The number of nitrogens with zero attached hydrogens (tertiary/aromatic N) is 2. The van der Waals surface area contributed by atoms with Crippen LogP contribution in [0.3, 0.4) is 0 Å². The summed E-state index contributed by atoms with van der Waals surface area (Å²) in [4.78, 5) is 19.3. The van der Waals surface area contributed by atoms with E-state index < -0.39 is 6.36 Å². The van der Waals surface area contributed by atoms with Crippen molar-refractivity contribution in [3.8, 4) is 16.9 Å². The molecule has 0 radical (unpaired) electrons. The van der Waals surface area contributed by atoms with E-state index in [-0.39, 0.29) is 11.7 Å². The van der Waals surface area contributed by atoms with Gasteiger partial charge in [-0.05, 0) is 55.5 Å². The Bertz CT molecular complexity index is 1090. The normalized spacial score (nSPS) is 13.8. The van der Waals surface area contributed by atoms with Crippen LogP contribution in [0.25, 0.3) is 11.1 Å². The molecule has 0 saturated carbocycles. The molecule has 9 heteroatoms. The van der Waals surface area contributed by atoms with E-state index in [1.165, 1.54) is 12.1 Å². The van der Waals surface area contributed by atoms with Gasteiger partial charge in [-0.15, -0.1) is 13.2 Å². The summed E-state index contributed by atoms with van der Waals surface area (Å²) >= 11 is 0. The summed E-state index contributed by atoms with van der Waals surface area (Å²) in [5.74, 6) is -0.748. The molecule has 1 N–H and O–H groups in total. The number of pyridine rings is 1. The molecule has 1 fully saturated rings. The van der Waals surface area contributed by atoms with Gasteiger partial charge in [0.15, 0.2) is 0 Å². The zero-order valence-electron chi connectivity index (χ0n) is 17.1. The fraction of sp³-hybridized carbons (Fsp3) is 0.217. The number of aromatic nitrogens is 1. The lowest BCUT2D eigenvalue weighted by atomic mass is 10.0. The molecule has 1 aliphatic rings. The Balaban J connectivity index is 1.58. The fourth-order valence-electron chi connectivity index (χ4n) is 3.36. The fourth-order valence-corrected chi connectivity index (χ4v) is 3.36. The molecular formula is C23H20F3N3O3. The van der Waals surface area contributed by atoms with Gasteiger partial charge in [0.05, 0.1) is 6.61 Å². The van der Waals surface area contributed by atoms with Gasteiger partial charge >= 0.3 is 6.36 Å². The number of benzene rings is 2. The number of anilines is 2. The SMILES string of the molecule is Cc1ccc(-c2cc(C(=O)Nc3ccc(OC(F)(F)F)cc3)ccc2N2CCOC2)cn1. The van der Waals surface area contributed by atoms with Crippen molar-refractivity contribution < 1.29 is 27.4 Å². The molecule has 0 aliphatic carbocycles. The number of nitrogens with one attached hydrogen (secondary N) is 1. The molecule has 0 bridgehead atoms. The van der Waals surface area contributed by atoms with Crippen LogP contribution in [-0.2, 0) is 4.74 Å². The minimum absolute atomic E-state index is 0.347. The van der Waals surface area contributed by atoms with Crippen molar-refractivity contribution in [1.29, 1.82) is 0 Å². The average Bonchev–Trinajstić information content (AvgIpc) is 3.29. The summed E-state index contributed by atoms with van der Waals surface area (Å²) in [7, 11) is 0. The van der Waals surface area contributed by atoms with Crippen LogP contribution < -0.4 is 15.0 Å². The number of rotatable bonds is 5. The molecule has 1 amide bonds. The summed E-state index contributed by atoms with van der Waals surface area (Å²) in [6.45, 7) is 3.73. The van der Waals surface area contributed by atoms with E-state index in [2.05, 4.69) is 19.9 Å². The summed E-state index contributed by atoms with van der Waals surface area (Å²) in [6.07, 6.45) is -3.01. The average molecular weight is 443 g/mol. The first-order chi connectivity index (χ1) is 15.3. The second-order valence-electron chi connectivity index (χ2n) is 7.25. The van der Waals surface area contributed by atoms with Crippen molar-refractivity contribution in [1.82, 2.24) is 4.98 Å². The maximum atomic E-state index is 12.8. The highest BCUT2D eigenvalue weighted by Gasteiger charge is 2.31. The summed E-state index contributed by atoms with van der Waals surface area (Å²) in [5, 5.41) is 2.70. The lowest BCUT2D eigenvalue weighted by Gasteiger charge is -2.21. The molecule has 4 rings (SSSR count). The minimum atomic E-state index is -4.77. The van der Waals surface area contributed by atoms with Crippen LogP contribution in [0.15, 0.2) is 60.8 Å². The molecular weight excluding hydrogens is 423 g/mol. The van der Waals surface area contributed by atoms with E-state index in [0.29, 0.717) is 24.6 Å². The number of aryl methyl sites for hydroxylation is 1. The first-order valence-corrected chi connectivity index (χ1v) is 9.85. The first-order valence-electron chi connectivity index (χ1n) is 9.85. The monoisotopic (exact) mass is 443 g/mol. The van der Waals surface area contributed by atoms with E-state index in [9.17, 15) is 18.0 Å². The zero-order chi connectivity index (χ0) is 22.7. The van der Waals surface area contributed by atoms with E-state index in [4.69, 9.17) is 4.74 Å². The van der Waals surface area contributed by atoms with E-state index in [1.54, 1.807) is 18.3 Å². The Kier molecular flexibility index (Phi) is 6.00. The maximum absolute atomic E-state index is 12.8. The van der Waals surface area contributed by atoms with Gasteiger partial charge in [0, 0.05) is 46.5 Å². The molecule has 2 heterocycles. The molecule has 166 valence electrons. The lowest BCUT2D eigenvalue weighted by molar-refractivity contribution is -0.274. The lowest BCUT2D eigenvalue weighted by Crippen LogP contribution is -2.20. The van der Waals surface area contributed by atoms with Gasteiger partial charge in [-0.3, -0.25) is 9.78 Å². The van der Waals surface area contributed by atoms with Gasteiger partial charge < -0.3 is 19.7 Å². The van der Waals surface area contributed by atoms with Crippen LogP contribution in [0.5, 0.6) is 5.75 Å². The summed E-state index contributed by atoms with van der Waals surface area (Å²) < 4.78 is 46.2. The summed E-state index contributed by atoms with van der Waals surface area (Å²) in [5.41, 5.74) is 4.26. The number of carbonyl (C=O) groups excluding carboxylic acids is 1. The molecule has 1 aromatic heterocycles. The van der Waals surface area contributed by atoms with Crippen molar-refractivity contribution in [2.75, 3.05) is 30.1 Å². The largest absolute Gasteiger partial charge is 0.573 e. The number of ether oxygens (including phenoxy) is 2. The quantitative estimate of drug-likeness (QED) is 0.601. The van der Waals surface area contributed by atoms with Gasteiger partial charge in [0.25, 0.3) is 5.91 Å². The van der Waals surface area contributed by atoms with Crippen molar-refractivity contribution in [2.45, 2.75) is 13.3 Å². The number of hydrogen-bond acceptors (Lipinski definition) is 5. The number of carbonyl (C=O) groups is 1. The third-order valence-corrected chi connectivity index (χ3v) is 4.92. The highest BCUT2D eigenvalue weighted by Crippen LogP contribution is 2.33. The molecule has 2 aromatic carbocycles. The van der Waals surface area contributed by atoms with Crippen LogP contribution in [0.4, 0.5) is 24.5 Å². The van der Waals surface area contributed by atoms with Crippen LogP contribution in [0.1, 0.15) is 16.1 Å². The molecule has 3 aromatic rings. The van der Waals surface area contributed by atoms with Crippen LogP contribution in [0.2, 0.25) is 0 Å². The molecule has 6 nitrogen and oxygen atoms in total. The van der Waals surface area contributed by atoms with Gasteiger partial charge in [0.1, 0.15) is 12.5 Å². The predicted molar refractivity (Wildman–Crippen MR) is 114 cm³/mol. The topological polar surface area (TPSA) is 63.7 Å². The Morgan fingerprint density at radius 1 is 1.12 bits per heavy atom. The van der Waals surface area contributed by atoms with Crippen LogP contribution in [0, 0.1) is 6.92 Å². The van der Waals surface area contributed by atoms with Gasteiger partial charge in [-0.1, -0.05) is 6.07 Å². The zero-order valence-corrected chi connectivity index (χ0v) is 17.1. The highest BCUT2D eigenvalue weighted by molar-refractivity contribution is 6.05. The van der Waals surface area contributed by atoms with E-state index in [1.807, 2.05) is 25.1 Å². The van der Waals surface area contributed by atoms with Crippen molar-refractivity contribution >= 4 is 17.3 Å². The van der Waals surface area contributed by atoms with E-state index in [0.717, 1.165) is 41.2 Å². The highest BCUT2D eigenvalue weighted by atomic mass is 19.4. The van der Waals surface area contributed by atoms with Gasteiger partial charge in [-0.25, -0.2) is 0 Å². The predicted octanol–water partition coefficient (Wildman–Crippen LogP) is 5.00. The second-order valence-corrected chi connectivity index (χ2v) is 7.25. The van der Waals surface area contributed by atoms with Crippen molar-refractivity contribution in [3.05, 3.63) is 72.1 Å². The maximum Gasteiger partial charge on any atom is 0.573 e.